The SMILES string of the molecule is COc1ccc(N2C(=O)C(c3ccc(C)cc3)=C(N3CCCC(CO)C3)C2=O)cc1. The standard InChI is InChI=1S/C24H26N2O4/c1-16-5-7-18(8-6-16)21-22(25-13-3-4-17(14-25)15-27)24(29)26(23(21)28)19-9-11-20(30-2)12-10-19/h5-12,17,27H,3-4,13-15H2,1-2H3. The van der Waals surface area contributed by atoms with Crippen LogP contribution in [-0.4, -0.2) is 48.6 Å². The van der Waals surface area contributed by atoms with Crippen molar-refractivity contribution in [1.82, 2.24) is 4.90 Å². The van der Waals surface area contributed by atoms with Gasteiger partial charge in [0.15, 0.2) is 0 Å². The number of ether oxygens (including phenoxy) is 1. The third kappa shape index (κ3) is 3.59. The lowest BCUT2D eigenvalue weighted by Crippen LogP contribution is -2.40. The highest BCUT2D eigenvalue weighted by molar-refractivity contribution is 6.45. The fourth-order valence-electron chi connectivity index (χ4n) is 4.17. The normalized spacial score (nSPS) is 19.6. The molecule has 2 heterocycles. The third-order valence-electron chi connectivity index (χ3n) is 5.82. The minimum Gasteiger partial charge on any atom is -0.497 e. The van der Waals surface area contributed by atoms with Crippen molar-refractivity contribution in [3.05, 3.63) is 65.4 Å². The zero-order chi connectivity index (χ0) is 21.3. The van der Waals surface area contributed by atoms with Gasteiger partial charge < -0.3 is 14.7 Å². The number of aryl methyl sites for hydroxylation is 1. The van der Waals surface area contributed by atoms with Crippen LogP contribution in [0.4, 0.5) is 5.69 Å². The largest absolute Gasteiger partial charge is 0.497 e. The smallest absolute Gasteiger partial charge is 0.282 e. The van der Waals surface area contributed by atoms with E-state index in [4.69, 9.17) is 4.74 Å². The number of anilines is 1. The maximum Gasteiger partial charge on any atom is 0.282 e. The number of nitrogens with zero attached hydrogens (tertiary/aromatic N) is 2. The number of imide groups is 1. The van der Waals surface area contributed by atoms with Gasteiger partial charge in [0.25, 0.3) is 11.8 Å². The molecule has 4 rings (SSSR count). The van der Waals surface area contributed by atoms with E-state index in [-0.39, 0.29) is 24.3 Å². The van der Waals surface area contributed by atoms with E-state index < -0.39 is 0 Å². The number of piperidine rings is 1. The van der Waals surface area contributed by atoms with Crippen molar-refractivity contribution >= 4 is 23.1 Å². The summed E-state index contributed by atoms with van der Waals surface area (Å²) in [5.41, 5.74) is 3.19. The number of hydrogen-bond acceptors (Lipinski definition) is 5. The molecular formula is C24H26N2O4. The average Bonchev–Trinajstić information content (AvgIpc) is 3.04. The molecule has 1 saturated heterocycles. The number of carbonyl (C=O) groups is 2. The van der Waals surface area contributed by atoms with Gasteiger partial charge in [0, 0.05) is 19.7 Å². The van der Waals surface area contributed by atoms with Crippen LogP contribution in [0, 0.1) is 12.8 Å². The number of likely N-dealkylation sites (tertiary alicyclic amines) is 1. The van der Waals surface area contributed by atoms with Crippen LogP contribution in [0.25, 0.3) is 5.57 Å². The minimum atomic E-state index is -0.324. The summed E-state index contributed by atoms with van der Waals surface area (Å²) in [4.78, 5) is 30.2. The molecule has 30 heavy (non-hydrogen) atoms. The molecule has 0 bridgehead atoms. The first kappa shape index (κ1) is 20.2. The Balaban J connectivity index is 1.78. The summed E-state index contributed by atoms with van der Waals surface area (Å²) in [6.07, 6.45) is 1.80. The predicted octanol–water partition coefficient (Wildman–Crippen LogP) is 2.99. The minimum absolute atomic E-state index is 0.0774. The fraction of sp³-hybridized carbons (Fsp3) is 0.333. The van der Waals surface area contributed by atoms with Crippen LogP contribution in [-0.2, 0) is 9.59 Å². The van der Waals surface area contributed by atoms with E-state index in [0.29, 0.717) is 35.8 Å². The third-order valence-corrected chi connectivity index (χ3v) is 5.82. The molecule has 1 unspecified atom stereocenters. The van der Waals surface area contributed by atoms with Crippen molar-refractivity contribution in [3.63, 3.8) is 0 Å². The molecule has 2 amide bonds. The van der Waals surface area contributed by atoms with Crippen molar-refractivity contribution in [2.75, 3.05) is 31.7 Å². The fourth-order valence-corrected chi connectivity index (χ4v) is 4.17. The van der Waals surface area contributed by atoms with Gasteiger partial charge in [-0.25, -0.2) is 4.90 Å². The molecule has 6 nitrogen and oxygen atoms in total. The van der Waals surface area contributed by atoms with E-state index in [9.17, 15) is 14.7 Å². The van der Waals surface area contributed by atoms with E-state index in [1.54, 1.807) is 31.4 Å². The van der Waals surface area contributed by atoms with Gasteiger partial charge in [-0.15, -0.1) is 0 Å². The zero-order valence-corrected chi connectivity index (χ0v) is 17.3. The summed E-state index contributed by atoms with van der Waals surface area (Å²) in [5.74, 6) is 0.115. The number of rotatable bonds is 5. The molecule has 6 heteroatoms. The van der Waals surface area contributed by atoms with E-state index in [1.807, 2.05) is 36.1 Å². The van der Waals surface area contributed by atoms with Gasteiger partial charge in [-0.05, 0) is 55.5 Å². The van der Waals surface area contributed by atoms with Crippen LogP contribution in [0.1, 0.15) is 24.0 Å². The lowest BCUT2D eigenvalue weighted by Gasteiger charge is -2.34. The topological polar surface area (TPSA) is 70.1 Å². The van der Waals surface area contributed by atoms with Crippen LogP contribution >= 0.6 is 0 Å². The number of carbonyl (C=O) groups excluding carboxylic acids is 2. The second-order valence-electron chi connectivity index (χ2n) is 7.87. The Kier molecular flexibility index (Phi) is 5.59. The van der Waals surface area contributed by atoms with Gasteiger partial charge in [-0.1, -0.05) is 29.8 Å². The maximum absolute atomic E-state index is 13.5. The highest BCUT2D eigenvalue weighted by Gasteiger charge is 2.43. The molecule has 2 aromatic carbocycles. The Bertz CT molecular complexity index is 979. The average molecular weight is 406 g/mol. The number of aliphatic hydroxyl groups is 1. The molecule has 0 aromatic heterocycles. The lowest BCUT2D eigenvalue weighted by atomic mass is 9.96. The van der Waals surface area contributed by atoms with E-state index in [2.05, 4.69) is 0 Å². The molecule has 2 aliphatic rings. The molecule has 1 atom stereocenters. The molecule has 0 saturated carbocycles. The second-order valence-corrected chi connectivity index (χ2v) is 7.87. The van der Waals surface area contributed by atoms with Crippen LogP contribution in [0.5, 0.6) is 5.75 Å². The van der Waals surface area contributed by atoms with Crippen LogP contribution < -0.4 is 9.64 Å². The number of aliphatic hydroxyl groups excluding tert-OH is 1. The monoisotopic (exact) mass is 406 g/mol. The van der Waals surface area contributed by atoms with E-state index in [0.717, 1.165) is 24.0 Å². The summed E-state index contributed by atoms with van der Waals surface area (Å²) in [5, 5.41) is 9.65. The van der Waals surface area contributed by atoms with Crippen molar-refractivity contribution in [2.24, 2.45) is 5.92 Å². The van der Waals surface area contributed by atoms with Crippen molar-refractivity contribution < 1.29 is 19.4 Å². The summed E-state index contributed by atoms with van der Waals surface area (Å²) < 4.78 is 5.20. The highest BCUT2D eigenvalue weighted by atomic mass is 16.5. The summed E-state index contributed by atoms with van der Waals surface area (Å²) in [6, 6.07) is 14.6. The molecule has 0 aliphatic carbocycles. The van der Waals surface area contributed by atoms with Crippen LogP contribution in [0.15, 0.2) is 54.2 Å². The second kappa shape index (κ2) is 8.32. The Hall–Kier alpha value is -3.12. The number of benzene rings is 2. The Morgan fingerprint density at radius 2 is 1.73 bits per heavy atom. The first-order chi connectivity index (χ1) is 14.5. The quantitative estimate of drug-likeness (QED) is 0.773. The van der Waals surface area contributed by atoms with Gasteiger partial charge in [0.2, 0.25) is 0 Å². The van der Waals surface area contributed by atoms with Gasteiger partial charge in [0.1, 0.15) is 11.4 Å². The van der Waals surface area contributed by atoms with Crippen LogP contribution in [0.3, 0.4) is 0 Å². The van der Waals surface area contributed by atoms with Gasteiger partial charge >= 0.3 is 0 Å². The molecule has 0 spiro atoms. The Morgan fingerprint density at radius 3 is 2.37 bits per heavy atom. The highest BCUT2D eigenvalue weighted by Crippen LogP contribution is 2.36. The summed E-state index contributed by atoms with van der Waals surface area (Å²) in [6.45, 7) is 3.32. The zero-order valence-electron chi connectivity index (χ0n) is 17.3. The Morgan fingerprint density at radius 1 is 1.03 bits per heavy atom. The first-order valence-electron chi connectivity index (χ1n) is 10.2. The summed E-state index contributed by atoms with van der Waals surface area (Å²) >= 11 is 0. The lowest BCUT2D eigenvalue weighted by molar-refractivity contribution is -0.120. The van der Waals surface area contributed by atoms with E-state index >= 15 is 0 Å². The molecule has 0 radical (unpaired) electrons. The molecule has 1 fully saturated rings. The van der Waals surface area contributed by atoms with Gasteiger partial charge in [0.05, 0.1) is 18.4 Å². The number of amides is 2. The number of hydrogen-bond donors (Lipinski definition) is 1. The number of methoxy groups -OCH3 is 1. The summed E-state index contributed by atoms with van der Waals surface area (Å²) in [7, 11) is 1.57. The Labute approximate surface area is 176 Å². The first-order valence-corrected chi connectivity index (χ1v) is 10.2. The van der Waals surface area contributed by atoms with Crippen molar-refractivity contribution in [3.8, 4) is 5.75 Å². The molecule has 1 N–H and O–H groups in total. The van der Waals surface area contributed by atoms with Gasteiger partial charge in [-0.3, -0.25) is 9.59 Å². The molecule has 2 aromatic rings. The van der Waals surface area contributed by atoms with Crippen LogP contribution in [0.2, 0.25) is 0 Å². The predicted molar refractivity (Wildman–Crippen MR) is 115 cm³/mol. The molecule has 2 aliphatic heterocycles. The van der Waals surface area contributed by atoms with E-state index in [1.165, 1.54) is 4.90 Å². The van der Waals surface area contributed by atoms with Crippen molar-refractivity contribution in [2.45, 2.75) is 19.8 Å². The van der Waals surface area contributed by atoms with Gasteiger partial charge in [-0.2, -0.15) is 0 Å². The molecule has 156 valence electrons. The maximum atomic E-state index is 13.5. The van der Waals surface area contributed by atoms with Crippen molar-refractivity contribution in [1.29, 1.82) is 0 Å². The molecular weight excluding hydrogens is 380 g/mol.